The van der Waals surface area contributed by atoms with Crippen molar-refractivity contribution in [3.8, 4) is 0 Å². The molecular weight excluding hydrogens is 409 g/mol. The number of hydrogen-bond donors (Lipinski definition) is 1. The van der Waals surface area contributed by atoms with E-state index in [0.29, 0.717) is 47.0 Å². The molecule has 0 radical (unpaired) electrons. The molecule has 1 fully saturated rings. The fourth-order valence-corrected chi connectivity index (χ4v) is 5.40. The number of halogens is 2. The zero-order valence-electron chi connectivity index (χ0n) is 16.3. The van der Waals surface area contributed by atoms with Gasteiger partial charge in [-0.05, 0) is 55.5 Å². The van der Waals surface area contributed by atoms with Gasteiger partial charge in [-0.3, -0.25) is 9.59 Å². The number of carbonyl (C=O) groups excluding carboxylic acids is 1. The lowest BCUT2D eigenvalue weighted by molar-refractivity contribution is -0.143. The van der Waals surface area contributed by atoms with Crippen molar-refractivity contribution in [2.75, 3.05) is 6.54 Å². The minimum atomic E-state index is -0.856. The summed E-state index contributed by atoms with van der Waals surface area (Å²) in [5.41, 5.74) is 2.45. The van der Waals surface area contributed by atoms with Gasteiger partial charge in [-0.15, -0.1) is 0 Å². The standard InChI is InChI=1S/C23H23Cl2NO3/c1-14-4-6-16-17(12-14)20(22(28)29)23(9-2-3-10-23)26(21(16)27)11-8-15-5-7-18(24)19(25)13-15/h4-7,12-13,20H,2-3,8-11H2,1H3,(H,28,29). The molecule has 0 aromatic heterocycles. The van der Waals surface area contributed by atoms with Crippen molar-refractivity contribution in [1.82, 2.24) is 4.90 Å². The molecule has 1 unspecified atom stereocenters. The van der Waals surface area contributed by atoms with Crippen LogP contribution in [0.1, 0.15) is 58.6 Å². The molecule has 2 aliphatic rings. The predicted octanol–water partition coefficient (Wildman–Crippen LogP) is 5.48. The van der Waals surface area contributed by atoms with Gasteiger partial charge in [-0.25, -0.2) is 0 Å². The number of carboxylic acid groups (broad SMARTS) is 1. The van der Waals surface area contributed by atoms with E-state index in [1.54, 1.807) is 12.1 Å². The summed E-state index contributed by atoms with van der Waals surface area (Å²) in [6, 6.07) is 11.0. The largest absolute Gasteiger partial charge is 0.481 e. The van der Waals surface area contributed by atoms with Crippen molar-refractivity contribution < 1.29 is 14.7 Å². The molecule has 1 saturated carbocycles. The smallest absolute Gasteiger partial charge is 0.313 e. The Hall–Kier alpha value is -2.04. The summed E-state index contributed by atoms with van der Waals surface area (Å²) in [5.74, 6) is -1.63. The van der Waals surface area contributed by atoms with Crippen molar-refractivity contribution in [3.05, 3.63) is 68.7 Å². The lowest BCUT2D eigenvalue weighted by Gasteiger charge is -2.49. The van der Waals surface area contributed by atoms with Crippen molar-refractivity contribution in [2.45, 2.75) is 50.5 Å². The molecule has 1 spiro atoms. The molecular formula is C23H23Cl2NO3. The number of fused-ring (bicyclic) bond motifs is 1. The molecule has 29 heavy (non-hydrogen) atoms. The molecule has 1 aliphatic heterocycles. The van der Waals surface area contributed by atoms with Crippen LogP contribution in [0.3, 0.4) is 0 Å². The molecule has 2 aromatic rings. The average Bonchev–Trinajstić information content (AvgIpc) is 3.13. The number of nitrogens with zero attached hydrogens (tertiary/aromatic N) is 1. The van der Waals surface area contributed by atoms with Gasteiger partial charge in [0.25, 0.3) is 5.91 Å². The summed E-state index contributed by atoms with van der Waals surface area (Å²) >= 11 is 12.2. The Morgan fingerprint density at radius 1 is 1.14 bits per heavy atom. The van der Waals surface area contributed by atoms with E-state index in [4.69, 9.17) is 23.2 Å². The number of hydrogen-bond acceptors (Lipinski definition) is 2. The maximum absolute atomic E-state index is 13.5. The SMILES string of the molecule is Cc1ccc2c(c1)C(C(=O)O)C1(CCCC1)N(CCc1ccc(Cl)c(Cl)c1)C2=O. The number of carbonyl (C=O) groups is 2. The van der Waals surface area contributed by atoms with Crippen LogP contribution in [0.2, 0.25) is 10.0 Å². The second kappa shape index (κ2) is 7.66. The van der Waals surface area contributed by atoms with E-state index in [-0.39, 0.29) is 5.91 Å². The number of benzene rings is 2. The van der Waals surface area contributed by atoms with Gasteiger partial charge in [0.2, 0.25) is 0 Å². The van der Waals surface area contributed by atoms with E-state index in [0.717, 1.165) is 24.0 Å². The van der Waals surface area contributed by atoms with Crippen LogP contribution in [0, 0.1) is 6.92 Å². The summed E-state index contributed by atoms with van der Waals surface area (Å²) < 4.78 is 0. The van der Waals surface area contributed by atoms with Crippen LogP contribution in [0.5, 0.6) is 0 Å². The zero-order valence-corrected chi connectivity index (χ0v) is 17.8. The molecule has 4 rings (SSSR count). The maximum Gasteiger partial charge on any atom is 0.313 e. The highest BCUT2D eigenvalue weighted by Crippen LogP contribution is 2.50. The Morgan fingerprint density at radius 2 is 1.86 bits per heavy atom. The molecule has 1 heterocycles. The van der Waals surface area contributed by atoms with E-state index in [1.807, 2.05) is 36.1 Å². The topological polar surface area (TPSA) is 57.6 Å². The maximum atomic E-state index is 13.5. The third kappa shape index (κ3) is 3.43. The van der Waals surface area contributed by atoms with E-state index in [2.05, 4.69) is 0 Å². The van der Waals surface area contributed by atoms with E-state index in [9.17, 15) is 14.7 Å². The lowest BCUT2D eigenvalue weighted by atomic mass is 9.71. The van der Waals surface area contributed by atoms with Crippen LogP contribution in [0.15, 0.2) is 36.4 Å². The van der Waals surface area contributed by atoms with Gasteiger partial charge in [0.15, 0.2) is 0 Å². The molecule has 6 heteroatoms. The van der Waals surface area contributed by atoms with Crippen molar-refractivity contribution in [1.29, 1.82) is 0 Å². The fraction of sp³-hybridized carbons (Fsp3) is 0.391. The van der Waals surface area contributed by atoms with Gasteiger partial charge in [-0.1, -0.05) is 59.8 Å². The number of aryl methyl sites for hydroxylation is 1. The summed E-state index contributed by atoms with van der Waals surface area (Å²) in [5, 5.41) is 11.2. The normalized spacial score (nSPS) is 20.2. The highest BCUT2D eigenvalue weighted by molar-refractivity contribution is 6.42. The van der Waals surface area contributed by atoms with E-state index < -0.39 is 17.4 Å². The monoisotopic (exact) mass is 431 g/mol. The quantitative estimate of drug-likeness (QED) is 0.696. The van der Waals surface area contributed by atoms with Crippen LogP contribution in [-0.2, 0) is 11.2 Å². The molecule has 152 valence electrons. The Morgan fingerprint density at radius 3 is 2.52 bits per heavy atom. The first-order valence-electron chi connectivity index (χ1n) is 9.93. The number of rotatable bonds is 4. The molecule has 1 amide bonds. The first kappa shape index (κ1) is 20.2. The minimum absolute atomic E-state index is 0.0699. The summed E-state index contributed by atoms with van der Waals surface area (Å²) in [4.78, 5) is 27.7. The summed E-state index contributed by atoms with van der Waals surface area (Å²) in [6.45, 7) is 2.38. The van der Waals surface area contributed by atoms with Gasteiger partial charge in [0.05, 0.1) is 15.6 Å². The number of amides is 1. The molecule has 1 aliphatic carbocycles. The van der Waals surface area contributed by atoms with Crippen molar-refractivity contribution in [2.24, 2.45) is 0 Å². The van der Waals surface area contributed by atoms with E-state index in [1.165, 1.54) is 0 Å². The molecule has 0 saturated heterocycles. The molecule has 1 N–H and O–H groups in total. The van der Waals surface area contributed by atoms with Crippen molar-refractivity contribution >= 4 is 35.1 Å². The zero-order chi connectivity index (χ0) is 20.8. The van der Waals surface area contributed by atoms with Crippen LogP contribution < -0.4 is 0 Å². The molecule has 0 bridgehead atoms. The van der Waals surface area contributed by atoms with Crippen LogP contribution in [0.25, 0.3) is 0 Å². The van der Waals surface area contributed by atoms with Crippen LogP contribution >= 0.6 is 23.2 Å². The summed E-state index contributed by atoms with van der Waals surface area (Å²) in [6.07, 6.45) is 3.88. The highest BCUT2D eigenvalue weighted by atomic mass is 35.5. The first-order valence-corrected chi connectivity index (χ1v) is 10.7. The average molecular weight is 432 g/mol. The summed E-state index contributed by atoms with van der Waals surface area (Å²) in [7, 11) is 0. The number of carboxylic acids is 1. The second-order valence-corrected chi connectivity index (χ2v) is 8.94. The van der Waals surface area contributed by atoms with Gasteiger partial charge < -0.3 is 10.0 Å². The van der Waals surface area contributed by atoms with Crippen LogP contribution in [-0.4, -0.2) is 34.0 Å². The highest BCUT2D eigenvalue weighted by Gasteiger charge is 2.55. The molecule has 1 atom stereocenters. The van der Waals surface area contributed by atoms with E-state index >= 15 is 0 Å². The Labute approximate surface area is 180 Å². The fourth-order valence-electron chi connectivity index (χ4n) is 5.08. The third-order valence-electron chi connectivity index (χ3n) is 6.39. The van der Waals surface area contributed by atoms with Gasteiger partial charge in [0.1, 0.15) is 5.92 Å². The molecule has 4 nitrogen and oxygen atoms in total. The predicted molar refractivity (Wildman–Crippen MR) is 114 cm³/mol. The first-order chi connectivity index (χ1) is 13.8. The molecule has 2 aromatic carbocycles. The van der Waals surface area contributed by atoms with Crippen molar-refractivity contribution in [3.63, 3.8) is 0 Å². The van der Waals surface area contributed by atoms with Gasteiger partial charge >= 0.3 is 5.97 Å². The lowest BCUT2D eigenvalue weighted by Crippen LogP contribution is -2.59. The Balaban J connectivity index is 1.75. The van der Waals surface area contributed by atoms with Gasteiger partial charge in [0, 0.05) is 12.1 Å². The Bertz CT molecular complexity index is 982. The minimum Gasteiger partial charge on any atom is -0.481 e. The number of aliphatic carboxylic acids is 1. The third-order valence-corrected chi connectivity index (χ3v) is 7.13. The van der Waals surface area contributed by atoms with Gasteiger partial charge in [-0.2, -0.15) is 0 Å². The Kier molecular flexibility index (Phi) is 5.34. The van der Waals surface area contributed by atoms with Crippen LogP contribution in [0.4, 0.5) is 0 Å². The second-order valence-electron chi connectivity index (χ2n) is 8.13.